The van der Waals surface area contributed by atoms with E-state index in [1.807, 2.05) is 0 Å². The summed E-state index contributed by atoms with van der Waals surface area (Å²) in [7, 11) is 4.86. The van der Waals surface area contributed by atoms with E-state index in [0.717, 1.165) is 5.56 Å². The molecule has 4 rings (SSSR count). The zero-order chi connectivity index (χ0) is 23.6. The standard InChI is InChI=1S/C21H18BF3N4O3S/c22-16-5-7-17(8-6-16)29(20(30)28-9-11-33(31)12-10-28)13-14-1-3-15(4-2-14)18-26-27-19(32-18)21(23,24)25/h1-8H,9-13H2. The van der Waals surface area contributed by atoms with E-state index in [2.05, 4.69) is 10.2 Å². The molecule has 1 aliphatic heterocycles. The van der Waals surface area contributed by atoms with Crippen LogP contribution in [0.4, 0.5) is 23.7 Å². The monoisotopic (exact) mass is 474 g/mol. The fourth-order valence-corrected chi connectivity index (χ4v) is 4.37. The van der Waals surface area contributed by atoms with Crippen LogP contribution in [0, 0.1) is 0 Å². The normalized spacial score (nSPS) is 14.9. The van der Waals surface area contributed by atoms with E-state index in [1.165, 1.54) is 0 Å². The van der Waals surface area contributed by atoms with Crippen LogP contribution in [0.5, 0.6) is 0 Å². The molecule has 0 N–H and O–H groups in total. The summed E-state index contributed by atoms with van der Waals surface area (Å²) in [5, 5.41) is 6.48. The van der Waals surface area contributed by atoms with Crippen LogP contribution in [0.3, 0.4) is 0 Å². The predicted octanol–water partition coefficient (Wildman–Crippen LogP) is 2.74. The summed E-state index contributed by atoms with van der Waals surface area (Å²) in [5.41, 5.74) is 2.25. The molecule has 0 saturated carbocycles. The van der Waals surface area contributed by atoms with Gasteiger partial charge in [0.15, 0.2) is 0 Å². The maximum Gasteiger partial charge on any atom is 0.470 e. The quantitative estimate of drug-likeness (QED) is 0.544. The SMILES string of the molecule is [B]c1ccc(N(Cc2ccc(-c3nnc(C(F)(F)F)o3)cc2)C(=O)N2CCS(=O)CC2)cc1. The number of nitrogens with zero attached hydrogens (tertiary/aromatic N) is 4. The Hall–Kier alpha value is -3.15. The van der Waals surface area contributed by atoms with Gasteiger partial charge in [0.1, 0.15) is 7.85 Å². The molecule has 0 aliphatic carbocycles. The Balaban J connectivity index is 1.55. The second-order valence-electron chi connectivity index (χ2n) is 7.40. The van der Waals surface area contributed by atoms with Gasteiger partial charge in [0.05, 0.1) is 6.54 Å². The summed E-state index contributed by atoms with van der Waals surface area (Å²) < 4.78 is 54.5. The van der Waals surface area contributed by atoms with Crippen LogP contribution in [0.2, 0.25) is 0 Å². The summed E-state index contributed by atoms with van der Waals surface area (Å²) in [6.45, 7) is 1.00. The molecule has 1 saturated heterocycles. The number of urea groups is 1. The van der Waals surface area contributed by atoms with Crippen molar-refractivity contribution < 1.29 is 26.6 Å². The number of rotatable bonds is 4. The largest absolute Gasteiger partial charge is 0.470 e. The number of anilines is 1. The Kier molecular flexibility index (Phi) is 6.55. The number of alkyl halides is 3. The van der Waals surface area contributed by atoms with Crippen LogP contribution >= 0.6 is 0 Å². The Morgan fingerprint density at radius 2 is 1.70 bits per heavy atom. The Bertz CT molecular complexity index is 1140. The molecule has 1 aliphatic rings. The van der Waals surface area contributed by atoms with Crippen molar-refractivity contribution in [1.82, 2.24) is 15.1 Å². The zero-order valence-electron chi connectivity index (χ0n) is 17.3. The molecule has 3 aromatic rings. The lowest BCUT2D eigenvalue weighted by Gasteiger charge is -2.33. The van der Waals surface area contributed by atoms with Gasteiger partial charge in [-0.15, -0.1) is 10.2 Å². The van der Waals surface area contributed by atoms with Crippen LogP contribution in [0.1, 0.15) is 11.5 Å². The first-order chi connectivity index (χ1) is 15.7. The van der Waals surface area contributed by atoms with Gasteiger partial charge < -0.3 is 9.32 Å². The molecule has 2 aromatic carbocycles. The number of aromatic nitrogens is 2. The van der Waals surface area contributed by atoms with E-state index in [0.29, 0.717) is 41.3 Å². The minimum absolute atomic E-state index is 0.209. The molecule has 170 valence electrons. The van der Waals surface area contributed by atoms with Crippen LogP contribution in [-0.2, 0) is 23.5 Å². The number of benzene rings is 2. The number of amides is 2. The highest BCUT2D eigenvalue weighted by Gasteiger charge is 2.38. The molecule has 2 radical (unpaired) electrons. The average molecular weight is 474 g/mol. The van der Waals surface area contributed by atoms with E-state index >= 15 is 0 Å². The molecule has 1 aromatic heterocycles. The van der Waals surface area contributed by atoms with E-state index in [9.17, 15) is 22.2 Å². The van der Waals surface area contributed by atoms with Gasteiger partial charge in [-0.2, -0.15) is 13.2 Å². The highest BCUT2D eigenvalue weighted by Crippen LogP contribution is 2.30. The maximum atomic E-state index is 13.3. The summed E-state index contributed by atoms with van der Waals surface area (Å²) in [6.07, 6.45) is -4.72. The van der Waals surface area contributed by atoms with Crippen molar-refractivity contribution >= 4 is 35.8 Å². The lowest BCUT2D eigenvalue weighted by atomic mass is 9.96. The first-order valence-electron chi connectivity index (χ1n) is 9.98. The van der Waals surface area contributed by atoms with E-state index in [-0.39, 0.29) is 18.5 Å². The van der Waals surface area contributed by atoms with Crippen molar-refractivity contribution in [3.8, 4) is 11.5 Å². The van der Waals surface area contributed by atoms with Crippen molar-refractivity contribution in [2.75, 3.05) is 29.5 Å². The van der Waals surface area contributed by atoms with Crippen molar-refractivity contribution in [3.05, 3.63) is 60.0 Å². The van der Waals surface area contributed by atoms with Crippen LogP contribution in [0.15, 0.2) is 52.9 Å². The van der Waals surface area contributed by atoms with Gasteiger partial charge in [-0.05, 0) is 29.8 Å². The molecule has 2 amide bonds. The third-order valence-electron chi connectivity index (χ3n) is 5.09. The molecule has 0 atom stereocenters. The number of carbonyl (C=O) groups excluding carboxylic acids is 1. The van der Waals surface area contributed by atoms with Gasteiger partial charge >= 0.3 is 18.1 Å². The van der Waals surface area contributed by atoms with Gasteiger partial charge in [-0.1, -0.05) is 29.7 Å². The Morgan fingerprint density at radius 1 is 1.06 bits per heavy atom. The first kappa shape index (κ1) is 23.0. The lowest BCUT2D eigenvalue weighted by molar-refractivity contribution is -0.156. The highest BCUT2D eigenvalue weighted by molar-refractivity contribution is 7.85. The molecule has 0 unspecified atom stereocenters. The van der Waals surface area contributed by atoms with Crippen molar-refractivity contribution in [2.45, 2.75) is 12.7 Å². The van der Waals surface area contributed by atoms with Gasteiger partial charge in [-0.3, -0.25) is 9.11 Å². The molecular formula is C21H18BF3N4O3S. The zero-order valence-corrected chi connectivity index (χ0v) is 18.1. The second-order valence-corrected chi connectivity index (χ2v) is 9.10. The average Bonchev–Trinajstić information content (AvgIpc) is 3.30. The van der Waals surface area contributed by atoms with Gasteiger partial charge in [0.2, 0.25) is 5.89 Å². The van der Waals surface area contributed by atoms with E-state index < -0.39 is 22.9 Å². The summed E-state index contributed by atoms with van der Waals surface area (Å²) in [4.78, 5) is 16.5. The van der Waals surface area contributed by atoms with Crippen molar-refractivity contribution in [3.63, 3.8) is 0 Å². The molecule has 0 spiro atoms. The number of carbonyl (C=O) groups is 1. The van der Waals surface area contributed by atoms with E-state index in [4.69, 9.17) is 12.3 Å². The van der Waals surface area contributed by atoms with E-state index in [1.54, 1.807) is 58.3 Å². The second kappa shape index (κ2) is 9.38. The highest BCUT2D eigenvalue weighted by atomic mass is 32.2. The number of hydrogen-bond donors (Lipinski definition) is 0. The van der Waals surface area contributed by atoms with Crippen LogP contribution in [0.25, 0.3) is 11.5 Å². The smallest absolute Gasteiger partial charge is 0.413 e. The minimum Gasteiger partial charge on any atom is -0.413 e. The predicted molar refractivity (Wildman–Crippen MR) is 118 cm³/mol. The Morgan fingerprint density at radius 3 is 2.27 bits per heavy atom. The molecule has 33 heavy (non-hydrogen) atoms. The lowest BCUT2D eigenvalue weighted by Crippen LogP contribution is -2.48. The summed E-state index contributed by atoms with van der Waals surface area (Å²) >= 11 is 0. The molecule has 2 heterocycles. The first-order valence-corrected chi connectivity index (χ1v) is 11.5. The topological polar surface area (TPSA) is 79.5 Å². The third-order valence-corrected chi connectivity index (χ3v) is 6.37. The van der Waals surface area contributed by atoms with Crippen LogP contribution in [-0.4, -0.2) is 57.8 Å². The molecule has 1 fully saturated rings. The maximum absolute atomic E-state index is 13.3. The Labute approximate surface area is 191 Å². The van der Waals surface area contributed by atoms with Crippen LogP contribution < -0.4 is 10.4 Å². The van der Waals surface area contributed by atoms with Gasteiger partial charge in [0, 0.05) is 46.6 Å². The van der Waals surface area contributed by atoms with Crippen molar-refractivity contribution in [2.24, 2.45) is 0 Å². The molecule has 7 nitrogen and oxygen atoms in total. The number of halogens is 3. The summed E-state index contributed by atoms with van der Waals surface area (Å²) in [6, 6.07) is 13.1. The van der Waals surface area contributed by atoms with Gasteiger partial charge in [-0.25, -0.2) is 4.79 Å². The van der Waals surface area contributed by atoms with Gasteiger partial charge in [0.25, 0.3) is 0 Å². The molecule has 0 bridgehead atoms. The minimum atomic E-state index is -4.72. The molecular weight excluding hydrogens is 456 g/mol. The third kappa shape index (κ3) is 5.44. The fourth-order valence-electron chi connectivity index (χ4n) is 3.31. The summed E-state index contributed by atoms with van der Waals surface area (Å²) in [5.74, 6) is -0.800. The fraction of sp³-hybridized carbons (Fsp3) is 0.286. The number of hydrogen-bond acceptors (Lipinski definition) is 5. The molecule has 12 heteroatoms. The van der Waals surface area contributed by atoms with Crippen molar-refractivity contribution in [1.29, 1.82) is 0 Å².